The van der Waals surface area contributed by atoms with Crippen molar-refractivity contribution < 1.29 is 9.90 Å². The lowest BCUT2D eigenvalue weighted by Crippen LogP contribution is -2.19. The third-order valence-corrected chi connectivity index (χ3v) is 2.57. The molecule has 1 aromatic heterocycles. The van der Waals surface area contributed by atoms with E-state index >= 15 is 0 Å². The molecule has 2 aromatic rings. The number of carbonyl (C=O) groups excluding carboxylic acids is 1. The van der Waals surface area contributed by atoms with Gasteiger partial charge in [-0.25, -0.2) is 9.67 Å². The fraction of sp³-hybridized carbons (Fsp3) is 0.154. The lowest BCUT2D eigenvalue weighted by atomic mass is 10.2. The summed E-state index contributed by atoms with van der Waals surface area (Å²) < 4.78 is 1.41. The molecule has 1 heterocycles. The number of halogens is 1. The van der Waals surface area contributed by atoms with E-state index < -0.39 is 0 Å². The van der Waals surface area contributed by atoms with E-state index in [1.54, 1.807) is 18.2 Å². The summed E-state index contributed by atoms with van der Waals surface area (Å²) >= 11 is 5.88. The molecule has 20 heavy (non-hydrogen) atoms. The Labute approximate surface area is 120 Å². The number of aliphatic hydroxyl groups excluding tert-OH is 1. The topological polar surface area (TPSA) is 80.0 Å². The van der Waals surface area contributed by atoms with Crippen LogP contribution in [0.25, 0.3) is 0 Å². The highest BCUT2D eigenvalue weighted by Crippen LogP contribution is 2.19. The lowest BCUT2D eigenvalue weighted by Gasteiger charge is -2.08. The van der Waals surface area contributed by atoms with Crippen molar-refractivity contribution in [3.05, 3.63) is 41.4 Å². The summed E-state index contributed by atoms with van der Waals surface area (Å²) in [4.78, 5) is 15.6. The van der Waals surface area contributed by atoms with E-state index in [9.17, 15) is 4.79 Å². The van der Waals surface area contributed by atoms with Crippen LogP contribution in [0.15, 0.2) is 30.9 Å². The van der Waals surface area contributed by atoms with Gasteiger partial charge in [-0.3, -0.25) is 4.79 Å². The predicted molar refractivity (Wildman–Crippen MR) is 74.1 cm³/mol. The van der Waals surface area contributed by atoms with Gasteiger partial charge < -0.3 is 10.4 Å². The van der Waals surface area contributed by atoms with Gasteiger partial charge in [0.2, 0.25) is 5.91 Å². The number of rotatable bonds is 3. The monoisotopic (exact) mass is 290 g/mol. The molecule has 0 saturated heterocycles. The first kappa shape index (κ1) is 14.1. The molecular formula is C13H11ClN4O2. The molecule has 0 unspecified atom stereocenters. The molecule has 2 rings (SSSR count). The van der Waals surface area contributed by atoms with Crippen LogP contribution in [0.2, 0.25) is 5.02 Å². The van der Waals surface area contributed by atoms with Crippen LogP contribution < -0.4 is 5.32 Å². The van der Waals surface area contributed by atoms with Crippen LogP contribution in [0.1, 0.15) is 5.56 Å². The SMILES string of the molecule is O=C(Cn1cncn1)Nc1ccc(Cl)cc1C#CCO. The van der Waals surface area contributed by atoms with Gasteiger partial charge >= 0.3 is 0 Å². The van der Waals surface area contributed by atoms with Crippen LogP contribution in [-0.2, 0) is 11.3 Å². The number of carbonyl (C=O) groups is 1. The Kier molecular flexibility index (Phi) is 4.71. The molecule has 6 nitrogen and oxygen atoms in total. The molecule has 0 bridgehead atoms. The predicted octanol–water partition coefficient (Wildman–Crippen LogP) is 0.914. The molecule has 1 aromatic carbocycles. The number of hydrogen-bond acceptors (Lipinski definition) is 4. The van der Waals surface area contributed by atoms with E-state index in [4.69, 9.17) is 16.7 Å². The first-order chi connectivity index (χ1) is 9.69. The van der Waals surface area contributed by atoms with Gasteiger partial charge in [-0.2, -0.15) is 5.10 Å². The van der Waals surface area contributed by atoms with Crippen LogP contribution in [0.5, 0.6) is 0 Å². The maximum atomic E-state index is 11.9. The zero-order valence-electron chi connectivity index (χ0n) is 10.4. The smallest absolute Gasteiger partial charge is 0.246 e. The lowest BCUT2D eigenvalue weighted by molar-refractivity contribution is -0.116. The van der Waals surface area contributed by atoms with Crippen LogP contribution in [0, 0.1) is 11.8 Å². The van der Waals surface area contributed by atoms with Gasteiger partial charge in [-0.1, -0.05) is 23.4 Å². The van der Waals surface area contributed by atoms with Gasteiger partial charge in [0.15, 0.2) is 0 Å². The first-order valence-electron chi connectivity index (χ1n) is 5.70. The zero-order chi connectivity index (χ0) is 14.4. The van der Waals surface area contributed by atoms with Crippen LogP contribution in [-0.4, -0.2) is 32.4 Å². The molecule has 0 atom stereocenters. The average molecular weight is 291 g/mol. The Morgan fingerprint density at radius 1 is 1.50 bits per heavy atom. The van der Waals surface area contributed by atoms with E-state index in [-0.39, 0.29) is 19.1 Å². The van der Waals surface area contributed by atoms with Crippen molar-refractivity contribution in [3.63, 3.8) is 0 Å². The van der Waals surface area contributed by atoms with Gasteiger partial charge in [0.1, 0.15) is 25.8 Å². The van der Waals surface area contributed by atoms with Crippen molar-refractivity contribution in [3.8, 4) is 11.8 Å². The molecule has 0 spiro atoms. The molecule has 0 radical (unpaired) electrons. The fourth-order valence-corrected chi connectivity index (χ4v) is 1.69. The molecule has 0 aliphatic carbocycles. The molecule has 0 saturated carbocycles. The van der Waals surface area contributed by atoms with E-state index in [2.05, 4.69) is 27.2 Å². The number of nitrogens with one attached hydrogen (secondary N) is 1. The minimum atomic E-state index is -0.265. The zero-order valence-corrected chi connectivity index (χ0v) is 11.1. The minimum Gasteiger partial charge on any atom is -0.384 e. The Morgan fingerprint density at radius 2 is 2.35 bits per heavy atom. The van der Waals surface area contributed by atoms with Crippen LogP contribution in [0.3, 0.4) is 0 Å². The van der Waals surface area contributed by atoms with Crippen molar-refractivity contribution in [2.45, 2.75) is 6.54 Å². The molecule has 0 aliphatic rings. The summed E-state index contributed by atoms with van der Waals surface area (Å²) in [6.45, 7) is -0.214. The number of benzene rings is 1. The van der Waals surface area contributed by atoms with Gasteiger partial charge in [-0.15, -0.1) is 0 Å². The number of amides is 1. The van der Waals surface area contributed by atoms with E-state index in [1.807, 2.05) is 0 Å². The van der Waals surface area contributed by atoms with Crippen LogP contribution in [0.4, 0.5) is 5.69 Å². The molecule has 7 heteroatoms. The third-order valence-electron chi connectivity index (χ3n) is 2.33. The van der Waals surface area contributed by atoms with Crippen molar-refractivity contribution in [2.24, 2.45) is 0 Å². The molecule has 0 aliphatic heterocycles. The van der Waals surface area contributed by atoms with Gasteiger partial charge in [0.25, 0.3) is 0 Å². The Balaban J connectivity index is 2.14. The second-order valence-corrected chi connectivity index (χ2v) is 4.23. The van der Waals surface area contributed by atoms with Gasteiger partial charge in [-0.05, 0) is 18.2 Å². The van der Waals surface area contributed by atoms with Crippen molar-refractivity contribution >= 4 is 23.2 Å². The van der Waals surface area contributed by atoms with E-state index in [0.717, 1.165) is 0 Å². The van der Waals surface area contributed by atoms with Gasteiger partial charge in [0, 0.05) is 10.6 Å². The Morgan fingerprint density at radius 3 is 3.05 bits per heavy atom. The maximum absolute atomic E-state index is 11.9. The molecule has 102 valence electrons. The van der Waals surface area contributed by atoms with Crippen molar-refractivity contribution in [1.29, 1.82) is 0 Å². The molecule has 0 fully saturated rings. The normalized spacial score (nSPS) is 9.70. The number of nitrogens with zero attached hydrogens (tertiary/aromatic N) is 3. The maximum Gasteiger partial charge on any atom is 0.246 e. The summed E-state index contributed by atoms with van der Waals surface area (Å²) in [5, 5.41) is 15.8. The highest BCUT2D eigenvalue weighted by molar-refractivity contribution is 6.30. The second kappa shape index (κ2) is 6.70. The second-order valence-electron chi connectivity index (χ2n) is 3.79. The summed E-state index contributed by atoms with van der Waals surface area (Å²) in [6.07, 6.45) is 2.81. The number of aromatic nitrogens is 3. The van der Waals surface area contributed by atoms with Gasteiger partial charge in [0.05, 0.1) is 5.69 Å². The Hall–Kier alpha value is -2.36. The van der Waals surface area contributed by atoms with Crippen molar-refractivity contribution in [1.82, 2.24) is 14.8 Å². The molecule has 2 N–H and O–H groups in total. The number of aliphatic hydroxyl groups is 1. The van der Waals surface area contributed by atoms with Crippen LogP contribution >= 0.6 is 11.6 Å². The standard InChI is InChI=1S/C13H11ClN4O2/c14-11-3-4-12(10(6-11)2-1-5-19)17-13(20)7-18-9-15-8-16-18/h3-4,6,8-9,19H,5,7H2,(H,17,20). The summed E-state index contributed by atoms with van der Waals surface area (Å²) in [5.41, 5.74) is 1.07. The number of hydrogen-bond donors (Lipinski definition) is 2. The Bertz CT molecular complexity index is 659. The first-order valence-corrected chi connectivity index (χ1v) is 6.08. The fourth-order valence-electron chi connectivity index (χ4n) is 1.51. The largest absolute Gasteiger partial charge is 0.384 e. The van der Waals surface area contributed by atoms with E-state index in [0.29, 0.717) is 16.3 Å². The average Bonchev–Trinajstić information content (AvgIpc) is 2.91. The van der Waals surface area contributed by atoms with E-state index in [1.165, 1.54) is 17.3 Å². The highest BCUT2D eigenvalue weighted by atomic mass is 35.5. The summed E-state index contributed by atoms with van der Waals surface area (Å²) in [7, 11) is 0. The van der Waals surface area contributed by atoms with Crippen molar-refractivity contribution in [2.75, 3.05) is 11.9 Å². The quantitative estimate of drug-likeness (QED) is 0.824. The third kappa shape index (κ3) is 3.82. The highest BCUT2D eigenvalue weighted by Gasteiger charge is 2.07. The summed E-state index contributed by atoms with van der Waals surface area (Å²) in [5.74, 6) is 4.99. The minimum absolute atomic E-state index is 0.0511. The number of anilines is 1. The summed E-state index contributed by atoms with van der Waals surface area (Å²) in [6, 6.07) is 4.93. The molecule has 1 amide bonds. The molecular weight excluding hydrogens is 280 g/mol.